The van der Waals surface area contributed by atoms with Crippen LogP contribution in [-0.2, 0) is 11.2 Å². The molecule has 106 valence electrons. The minimum Gasteiger partial charge on any atom is -0.396 e. The first-order chi connectivity index (χ1) is 9.19. The molecule has 2 rings (SSSR count). The van der Waals surface area contributed by atoms with Crippen molar-refractivity contribution in [2.75, 3.05) is 19.7 Å². The lowest BCUT2D eigenvalue weighted by Gasteiger charge is -2.16. The van der Waals surface area contributed by atoms with E-state index < -0.39 is 0 Å². The monoisotopic (exact) mass is 345 g/mol. The van der Waals surface area contributed by atoms with Crippen molar-refractivity contribution in [3.8, 4) is 0 Å². The fraction of sp³-hybridized carbons (Fsp3) is 0.643. The maximum atomic E-state index is 12.0. The highest BCUT2D eigenvalue weighted by Crippen LogP contribution is 2.24. The molecule has 1 aromatic rings. The van der Waals surface area contributed by atoms with Gasteiger partial charge in [-0.3, -0.25) is 4.79 Å². The van der Waals surface area contributed by atoms with Crippen LogP contribution in [0.15, 0.2) is 15.9 Å². The SMILES string of the molecule is O=C(CCCc1ccc(Br)s1)N1CCC(CCO)C1. The highest BCUT2D eigenvalue weighted by atomic mass is 79.9. The number of carbonyl (C=O) groups excluding carboxylic acids is 1. The summed E-state index contributed by atoms with van der Waals surface area (Å²) in [6.07, 6.45) is 4.42. The van der Waals surface area contributed by atoms with Crippen molar-refractivity contribution in [2.45, 2.75) is 32.1 Å². The number of likely N-dealkylation sites (tertiary alicyclic amines) is 1. The van der Waals surface area contributed by atoms with Crippen LogP contribution in [0.25, 0.3) is 0 Å². The van der Waals surface area contributed by atoms with Gasteiger partial charge in [0.2, 0.25) is 5.91 Å². The van der Waals surface area contributed by atoms with Crippen LogP contribution in [-0.4, -0.2) is 35.6 Å². The molecule has 5 heteroatoms. The number of aryl methyl sites for hydroxylation is 1. The predicted octanol–water partition coefficient (Wildman–Crippen LogP) is 3.06. The molecule has 0 radical (unpaired) electrons. The van der Waals surface area contributed by atoms with E-state index in [0.717, 1.165) is 42.6 Å². The predicted molar refractivity (Wildman–Crippen MR) is 81.3 cm³/mol. The summed E-state index contributed by atoms with van der Waals surface area (Å²) in [6, 6.07) is 4.17. The van der Waals surface area contributed by atoms with Crippen molar-refractivity contribution >= 4 is 33.2 Å². The topological polar surface area (TPSA) is 40.5 Å². The Labute approximate surface area is 126 Å². The number of amides is 1. The fourth-order valence-corrected chi connectivity index (χ4v) is 4.06. The smallest absolute Gasteiger partial charge is 0.222 e. The van der Waals surface area contributed by atoms with E-state index in [0.29, 0.717) is 12.3 Å². The molecule has 19 heavy (non-hydrogen) atoms. The number of carbonyl (C=O) groups is 1. The van der Waals surface area contributed by atoms with Crippen LogP contribution in [0.4, 0.5) is 0 Å². The second kappa shape index (κ2) is 7.41. The first-order valence-corrected chi connectivity index (χ1v) is 8.43. The molecule has 3 nitrogen and oxygen atoms in total. The summed E-state index contributed by atoms with van der Waals surface area (Å²) in [4.78, 5) is 15.3. The normalized spacial score (nSPS) is 19.1. The Morgan fingerprint density at radius 1 is 1.53 bits per heavy atom. The van der Waals surface area contributed by atoms with Crippen LogP contribution in [0, 0.1) is 5.92 Å². The Bertz CT molecular complexity index is 421. The second-order valence-corrected chi connectivity index (χ2v) is 7.61. The van der Waals surface area contributed by atoms with Crippen LogP contribution in [0.1, 0.15) is 30.6 Å². The number of thiophene rings is 1. The Hall–Kier alpha value is -0.390. The van der Waals surface area contributed by atoms with Gasteiger partial charge in [0.05, 0.1) is 3.79 Å². The number of aliphatic hydroxyl groups excluding tert-OH is 1. The number of nitrogens with zero attached hydrogens (tertiary/aromatic N) is 1. The van der Waals surface area contributed by atoms with Gasteiger partial charge in [0, 0.05) is 31.0 Å². The van der Waals surface area contributed by atoms with E-state index in [1.165, 1.54) is 4.88 Å². The number of hydrogen-bond acceptors (Lipinski definition) is 3. The van der Waals surface area contributed by atoms with Gasteiger partial charge in [-0.05, 0) is 59.7 Å². The van der Waals surface area contributed by atoms with Gasteiger partial charge in [-0.2, -0.15) is 0 Å². The van der Waals surface area contributed by atoms with Crippen LogP contribution in [0.3, 0.4) is 0 Å². The third-order valence-corrected chi connectivity index (χ3v) is 5.30. The van der Waals surface area contributed by atoms with Crippen molar-refractivity contribution in [2.24, 2.45) is 5.92 Å². The Morgan fingerprint density at radius 2 is 2.37 bits per heavy atom. The van der Waals surface area contributed by atoms with Crippen LogP contribution in [0.2, 0.25) is 0 Å². The summed E-state index contributed by atoms with van der Waals surface area (Å²) in [5.41, 5.74) is 0. The van der Waals surface area contributed by atoms with Gasteiger partial charge >= 0.3 is 0 Å². The highest BCUT2D eigenvalue weighted by molar-refractivity contribution is 9.11. The van der Waals surface area contributed by atoms with Crippen molar-refractivity contribution in [1.29, 1.82) is 0 Å². The molecule has 0 bridgehead atoms. The average molecular weight is 346 g/mol. The lowest BCUT2D eigenvalue weighted by molar-refractivity contribution is -0.130. The van der Waals surface area contributed by atoms with E-state index in [-0.39, 0.29) is 12.5 Å². The molecule has 1 amide bonds. The van der Waals surface area contributed by atoms with Gasteiger partial charge < -0.3 is 10.0 Å². The fourth-order valence-electron chi connectivity index (χ4n) is 2.54. The van der Waals surface area contributed by atoms with E-state index in [2.05, 4.69) is 28.1 Å². The maximum Gasteiger partial charge on any atom is 0.222 e. The molecule has 1 unspecified atom stereocenters. The minimum absolute atomic E-state index is 0.236. The number of aliphatic hydroxyl groups is 1. The zero-order valence-electron chi connectivity index (χ0n) is 11.0. The zero-order chi connectivity index (χ0) is 13.7. The maximum absolute atomic E-state index is 12.0. The summed E-state index contributed by atoms with van der Waals surface area (Å²) in [7, 11) is 0. The summed E-state index contributed by atoms with van der Waals surface area (Å²) >= 11 is 5.19. The molecular weight excluding hydrogens is 326 g/mol. The quantitative estimate of drug-likeness (QED) is 0.860. The van der Waals surface area contributed by atoms with E-state index >= 15 is 0 Å². The van der Waals surface area contributed by atoms with Crippen molar-refractivity contribution < 1.29 is 9.90 Å². The molecule has 0 saturated carbocycles. The minimum atomic E-state index is 0.236. The molecule has 0 spiro atoms. The average Bonchev–Trinajstić information content (AvgIpc) is 2.99. The molecular formula is C14H20BrNO2S. The van der Waals surface area contributed by atoms with Crippen LogP contribution < -0.4 is 0 Å². The Morgan fingerprint density at radius 3 is 3.05 bits per heavy atom. The van der Waals surface area contributed by atoms with E-state index in [9.17, 15) is 4.79 Å². The standard InChI is InChI=1S/C14H20BrNO2S/c15-13-5-4-12(19-13)2-1-3-14(18)16-8-6-11(10-16)7-9-17/h4-5,11,17H,1-3,6-10H2. The van der Waals surface area contributed by atoms with Crippen molar-refractivity contribution in [3.05, 3.63) is 20.8 Å². The lowest BCUT2D eigenvalue weighted by atomic mass is 10.1. The van der Waals surface area contributed by atoms with Crippen LogP contribution in [0.5, 0.6) is 0 Å². The zero-order valence-corrected chi connectivity index (χ0v) is 13.4. The summed E-state index contributed by atoms with van der Waals surface area (Å²) in [5.74, 6) is 0.776. The molecule has 2 heterocycles. The third-order valence-electron chi connectivity index (χ3n) is 3.62. The van der Waals surface area contributed by atoms with Gasteiger partial charge in [-0.15, -0.1) is 11.3 Å². The third kappa shape index (κ3) is 4.58. The second-order valence-electron chi connectivity index (χ2n) is 5.07. The first-order valence-electron chi connectivity index (χ1n) is 6.82. The Kier molecular flexibility index (Phi) is 5.85. The summed E-state index contributed by atoms with van der Waals surface area (Å²) in [6.45, 7) is 1.94. The molecule has 1 saturated heterocycles. The summed E-state index contributed by atoms with van der Waals surface area (Å²) < 4.78 is 1.15. The number of rotatable bonds is 6. The molecule has 1 aromatic heterocycles. The summed E-state index contributed by atoms with van der Waals surface area (Å²) in [5, 5.41) is 8.91. The molecule has 1 aliphatic rings. The Balaban J connectivity index is 1.67. The van der Waals surface area contributed by atoms with Gasteiger partial charge in [0.1, 0.15) is 0 Å². The van der Waals surface area contributed by atoms with E-state index in [1.54, 1.807) is 11.3 Å². The van der Waals surface area contributed by atoms with E-state index in [4.69, 9.17) is 5.11 Å². The van der Waals surface area contributed by atoms with Crippen molar-refractivity contribution in [3.63, 3.8) is 0 Å². The molecule has 1 aliphatic heterocycles. The molecule has 1 fully saturated rings. The largest absolute Gasteiger partial charge is 0.396 e. The molecule has 0 aliphatic carbocycles. The number of halogens is 1. The molecule has 1 atom stereocenters. The first kappa shape index (κ1) is 15.0. The van der Waals surface area contributed by atoms with Crippen molar-refractivity contribution in [1.82, 2.24) is 4.90 Å². The van der Waals surface area contributed by atoms with Gasteiger partial charge in [-0.1, -0.05) is 0 Å². The van der Waals surface area contributed by atoms with Gasteiger partial charge in [0.15, 0.2) is 0 Å². The molecule has 1 N–H and O–H groups in total. The highest BCUT2D eigenvalue weighted by Gasteiger charge is 2.25. The van der Waals surface area contributed by atoms with E-state index in [1.807, 2.05) is 4.90 Å². The molecule has 0 aromatic carbocycles. The van der Waals surface area contributed by atoms with Gasteiger partial charge in [0.25, 0.3) is 0 Å². The number of hydrogen-bond donors (Lipinski definition) is 1. The van der Waals surface area contributed by atoms with Gasteiger partial charge in [-0.25, -0.2) is 0 Å². The van der Waals surface area contributed by atoms with Crippen LogP contribution >= 0.6 is 27.3 Å². The lowest BCUT2D eigenvalue weighted by Crippen LogP contribution is -2.28.